The van der Waals surface area contributed by atoms with Crippen molar-refractivity contribution in [1.82, 2.24) is 16.0 Å². The molecule has 10 nitrogen and oxygen atoms in total. The van der Waals surface area contributed by atoms with E-state index in [0.717, 1.165) is 0 Å². The normalized spacial score (nSPS) is 15.0. The first-order valence-corrected chi connectivity index (χ1v) is 10.6. The molecule has 0 aliphatic carbocycles. The topological polar surface area (TPSA) is 177 Å². The van der Waals surface area contributed by atoms with E-state index in [0.29, 0.717) is 38.6 Å². The highest BCUT2D eigenvalue weighted by Crippen LogP contribution is 2.08. The summed E-state index contributed by atoms with van der Waals surface area (Å²) >= 11 is 0. The molecule has 0 radical (unpaired) electrons. The van der Waals surface area contributed by atoms with Gasteiger partial charge >= 0.3 is 5.97 Å². The summed E-state index contributed by atoms with van der Waals surface area (Å²) in [6.45, 7) is 7.51. The number of amides is 3. The van der Waals surface area contributed by atoms with Gasteiger partial charge in [-0.2, -0.15) is 0 Å². The predicted molar refractivity (Wildman–Crippen MR) is 114 cm³/mol. The van der Waals surface area contributed by atoms with Gasteiger partial charge in [0.1, 0.15) is 12.1 Å². The zero-order chi connectivity index (χ0) is 23.3. The van der Waals surface area contributed by atoms with Crippen molar-refractivity contribution in [3.05, 3.63) is 0 Å². The molecule has 0 saturated carbocycles. The van der Waals surface area contributed by atoms with E-state index in [2.05, 4.69) is 16.0 Å². The van der Waals surface area contributed by atoms with Crippen molar-refractivity contribution in [1.29, 1.82) is 0 Å². The summed E-state index contributed by atoms with van der Waals surface area (Å²) in [6, 6.07) is -2.61. The van der Waals surface area contributed by atoms with Gasteiger partial charge in [-0.15, -0.1) is 0 Å². The first-order valence-electron chi connectivity index (χ1n) is 10.6. The van der Waals surface area contributed by atoms with Crippen LogP contribution in [0, 0.1) is 11.8 Å². The number of carbonyl (C=O) groups excluding carboxylic acids is 3. The molecule has 0 heterocycles. The molecular formula is C20H39N5O5. The van der Waals surface area contributed by atoms with Crippen molar-refractivity contribution >= 4 is 23.7 Å². The third-order valence-electron chi connectivity index (χ3n) is 4.86. The maximum atomic E-state index is 12.5. The number of aliphatic carboxylic acids is 1. The number of nitrogens with one attached hydrogen (secondary N) is 3. The van der Waals surface area contributed by atoms with Crippen LogP contribution in [0.4, 0.5) is 0 Å². The van der Waals surface area contributed by atoms with Gasteiger partial charge in [0.2, 0.25) is 17.7 Å². The monoisotopic (exact) mass is 429 g/mol. The minimum Gasteiger partial charge on any atom is -0.480 e. The molecule has 174 valence electrons. The largest absolute Gasteiger partial charge is 0.480 e. The van der Waals surface area contributed by atoms with Crippen molar-refractivity contribution in [2.45, 2.75) is 77.9 Å². The summed E-state index contributed by atoms with van der Waals surface area (Å²) in [7, 11) is 0. The standard InChI is InChI=1S/C20H39N5O5/c1-5-13(4)17(20(29)30)25-16(26)11-23-19(28)15(8-6-7-9-21)24-18(27)14(22)10-12(2)3/h12-15,17H,5-11,21-22H2,1-4H3,(H,23,28)(H,24,27)(H,25,26)(H,29,30). The van der Waals surface area contributed by atoms with Gasteiger partial charge in [-0.05, 0) is 44.1 Å². The summed E-state index contributed by atoms with van der Waals surface area (Å²) in [5.74, 6) is -2.72. The third kappa shape index (κ3) is 11.1. The van der Waals surface area contributed by atoms with E-state index >= 15 is 0 Å². The second kappa shape index (κ2) is 14.7. The van der Waals surface area contributed by atoms with Crippen LogP contribution in [0.25, 0.3) is 0 Å². The van der Waals surface area contributed by atoms with E-state index in [9.17, 15) is 24.3 Å². The number of carbonyl (C=O) groups is 4. The number of hydrogen-bond donors (Lipinski definition) is 6. The van der Waals surface area contributed by atoms with E-state index < -0.39 is 41.8 Å². The average Bonchev–Trinajstić information content (AvgIpc) is 2.67. The van der Waals surface area contributed by atoms with Crippen molar-refractivity contribution < 1.29 is 24.3 Å². The number of hydrogen-bond acceptors (Lipinski definition) is 6. The van der Waals surface area contributed by atoms with Gasteiger partial charge in [0, 0.05) is 0 Å². The molecule has 0 aromatic carbocycles. The summed E-state index contributed by atoms with van der Waals surface area (Å²) in [6.07, 6.45) is 2.73. The summed E-state index contributed by atoms with van der Waals surface area (Å²) in [5.41, 5.74) is 11.4. The van der Waals surface area contributed by atoms with E-state index in [1.807, 2.05) is 20.8 Å². The number of rotatable bonds is 15. The zero-order valence-corrected chi connectivity index (χ0v) is 18.6. The smallest absolute Gasteiger partial charge is 0.326 e. The first kappa shape index (κ1) is 27.8. The molecule has 0 saturated heterocycles. The molecule has 0 aliphatic heterocycles. The van der Waals surface area contributed by atoms with Crippen LogP contribution in [0.2, 0.25) is 0 Å². The van der Waals surface area contributed by atoms with Crippen molar-refractivity contribution in [3.63, 3.8) is 0 Å². The van der Waals surface area contributed by atoms with Crippen LogP contribution in [0.1, 0.15) is 59.8 Å². The van der Waals surface area contributed by atoms with Crippen molar-refractivity contribution in [2.75, 3.05) is 13.1 Å². The second-order valence-corrected chi connectivity index (χ2v) is 8.07. The molecule has 0 rings (SSSR count). The van der Waals surface area contributed by atoms with E-state index in [-0.39, 0.29) is 18.4 Å². The molecule has 8 N–H and O–H groups in total. The lowest BCUT2D eigenvalue weighted by Crippen LogP contribution is -2.54. The Morgan fingerprint density at radius 1 is 1.00 bits per heavy atom. The maximum Gasteiger partial charge on any atom is 0.326 e. The van der Waals surface area contributed by atoms with Crippen LogP contribution in [-0.4, -0.2) is 60.0 Å². The van der Waals surface area contributed by atoms with Crippen molar-refractivity contribution in [2.24, 2.45) is 23.3 Å². The highest BCUT2D eigenvalue weighted by molar-refractivity contribution is 5.92. The minimum absolute atomic E-state index is 0.228. The molecule has 3 amide bonds. The van der Waals surface area contributed by atoms with Gasteiger partial charge in [0.25, 0.3) is 0 Å². The molecule has 0 bridgehead atoms. The van der Waals surface area contributed by atoms with Gasteiger partial charge in [-0.1, -0.05) is 34.1 Å². The predicted octanol–water partition coefficient (Wildman–Crippen LogP) is -0.295. The van der Waals surface area contributed by atoms with Crippen molar-refractivity contribution in [3.8, 4) is 0 Å². The average molecular weight is 430 g/mol. The molecule has 0 aromatic heterocycles. The Labute approximate surface area is 178 Å². The molecule has 4 unspecified atom stereocenters. The fraction of sp³-hybridized carbons (Fsp3) is 0.800. The molecule has 10 heteroatoms. The summed E-state index contributed by atoms with van der Waals surface area (Å²) in [5, 5.41) is 16.8. The molecule has 0 spiro atoms. The van der Waals surface area contributed by atoms with Crippen LogP contribution in [0.15, 0.2) is 0 Å². The van der Waals surface area contributed by atoms with E-state index in [4.69, 9.17) is 11.5 Å². The fourth-order valence-electron chi connectivity index (χ4n) is 2.85. The Balaban J connectivity index is 4.88. The Morgan fingerprint density at radius 3 is 2.13 bits per heavy atom. The highest BCUT2D eigenvalue weighted by Gasteiger charge is 2.27. The summed E-state index contributed by atoms with van der Waals surface area (Å²) in [4.78, 5) is 48.3. The van der Waals surface area contributed by atoms with Gasteiger partial charge in [0.05, 0.1) is 12.6 Å². The van der Waals surface area contributed by atoms with Crippen LogP contribution in [0.3, 0.4) is 0 Å². The second-order valence-electron chi connectivity index (χ2n) is 8.07. The minimum atomic E-state index is -1.13. The third-order valence-corrected chi connectivity index (χ3v) is 4.86. The zero-order valence-electron chi connectivity index (χ0n) is 18.6. The van der Waals surface area contributed by atoms with Gasteiger partial charge in [0.15, 0.2) is 0 Å². The Bertz CT molecular complexity index is 570. The van der Waals surface area contributed by atoms with Crippen LogP contribution in [-0.2, 0) is 19.2 Å². The van der Waals surface area contributed by atoms with Crippen LogP contribution < -0.4 is 27.4 Å². The first-order chi connectivity index (χ1) is 14.0. The molecule has 0 aromatic rings. The lowest BCUT2D eigenvalue weighted by molar-refractivity contribution is -0.143. The van der Waals surface area contributed by atoms with Crippen LogP contribution in [0.5, 0.6) is 0 Å². The lowest BCUT2D eigenvalue weighted by atomic mass is 9.99. The molecule has 30 heavy (non-hydrogen) atoms. The molecular weight excluding hydrogens is 390 g/mol. The Hall–Kier alpha value is -2.20. The van der Waals surface area contributed by atoms with Crippen LogP contribution >= 0.6 is 0 Å². The fourth-order valence-corrected chi connectivity index (χ4v) is 2.85. The lowest BCUT2D eigenvalue weighted by Gasteiger charge is -2.22. The molecule has 0 fully saturated rings. The van der Waals surface area contributed by atoms with Gasteiger partial charge in [-0.3, -0.25) is 14.4 Å². The highest BCUT2D eigenvalue weighted by atomic mass is 16.4. The Morgan fingerprint density at radius 2 is 1.63 bits per heavy atom. The SMILES string of the molecule is CCC(C)C(NC(=O)CNC(=O)C(CCCCN)NC(=O)C(N)CC(C)C)C(=O)O. The maximum absolute atomic E-state index is 12.5. The van der Waals surface area contributed by atoms with E-state index in [1.165, 1.54) is 0 Å². The van der Waals surface area contributed by atoms with E-state index in [1.54, 1.807) is 6.92 Å². The molecule has 0 aliphatic rings. The number of unbranched alkanes of at least 4 members (excludes halogenated alkanes) is 1. The summed E-state index contributed by atoms with van der Waals surface area (Å²) < 4.78 is 0. The quantitative estimate of drug-likeness (QED) is 0.194. The van der Waals surface area contributed by atoms with Gasteiger partial charge < -0.3 is 32.5 Å². The van der Waals surface area contributed by atoms with Gasteiger partial charge in [-0.25, -0.2) is 4.79 Å². The number of carboxylic acid groups (broad SMARTS) is 1. The molecule has 4 atom stereocenters. The number of nitrogens with two attached hydrogens (primary N) is 2. The number of carboxylic acids is 1. The Kier molecular flexibility index (Phi) is 13.7.